The molecule has 168 valence electrons. The van der Waals surface area contributed by atoms with Gasteiger partial charge in [-0.1, -0.05) is 34.6 Å². The molecule has 0 aromatic carbocycles. The second-order valence-electron chi connectivity index (χ2n) is 9.21. The van der Waals surface area contributed by atoms with E-state index in [9.17, 15) is 4.79 Å². The first kappa shape index (κ1) is 27.9. The summed E-state index contributed by atoms with van der Waals surface area (Å²) in [4.78, 5) is 13.1. The molecule has 0 spiro atoms. The molecule has 0 radical (unpaired) electrons. The molecule has 0 bridgehead atoms. The molecule has 5 nitrogen and oxygen atoms in total. The van der Waals surface area contributed by atoms with Crippen LogP contribution >= 0.6 is 12.6 Å². The van der Waals surface area contributed by atoms with Crippen LogP contribution in [-0.2, 0) is 9.53 Å². The van der Waals surface area contributed by atoms with E-state index in [1.165, 1.54) is 0 Å². The lowest BCUT2D eigenvalue weighted by atomic mass is 9.87. The maximum absolute atomic E-state index is 13.1. The highest BCUT2D eigenvalue weighted by molar-refractivity contribution is 7.81. The van der Waals surface area contributed by atoms with Gasteiger partial charge in [-0.05, 0) is 59.4 Å². The van der Waals surface area contributed by atoms with Crippen LogP contribution in [0.25, 0.3) is 0 Å². The summed E-state index contributed by atoms with van der Waals surface area (Å²) in [5, 5.41) is 6.88. The Morgan fingerprint density at radius 2 is 1.71 bits per heavy atom. The molecule has 0 amide bonds. The number of ketones is 1. The van der Waals surface area contributed by atoms with Gasteiger partial charge in [0.2, 0.25) is 0 Å². The van der Waals surface area contributed by atoms with Crippen molar-refractivity contribution in [3.8, 4) is 0 Å². The van der Waals surface area contributed by atoms with Crippen LogP contribution in [0.5, 0.6) is 0 Å². The molecule has 0 fully saturated rings. The van der Waals surface area contributed by atoms with Gasteiger partial charge in [0.25, 0.3) is 0 Å². The van der Waals surface area contributed by atoms with Gasteiger partial charge in [0.15, 0.2) is 5.78 Å². The maximum atomic E-state index is 13.1. The van der Waals surface area contributed by atoms with Crippen molar-refractivity contribution in [1.29, 1.82) is 0 Å². The third kappa shape index (κ3) is 10.1. The van der Waals surface area contributed by atoms with Gasteiger partial charge in [0.1, 0.15) is 0 Å². The lowest BCUT2D eigenvalue weighted by Crippen LogP contribution is -2.60. The van der Waals surface area contributed by atoms with Crippen LogP contribution in [0.3, 0.4) is 0 Å². The second-order valence-corrected chi connectivity index (χ2v) is 10.4. The molecule has 0 aromatic rings. The van der Waals surface area contributed by atoms with E-state index < -0.39 is 5.54 Å². The summed E-state index contributed by atoms with van der Waals surface area (Å²) in [6.07, 6.45) is 4.38. The molecular formula is C22H47N3O2S. The molecular weight excluding hydrogens is 370 g/mol. The van der Waals surface area contributed by atoms with Gasteiger partial charge in [-0.3, -0.25) is 4.79 Å². The van der Waals surface area contributed by atoms with Crippen molar-refractivity contribution in [2.75, 3.05) is 19.7 Å². The maximum Gasteiger partial charge on any atom is 0.170 e. The highest BCUT2D eigenvalue weighted by Gasteiger charge is 2.36. The molecule has 6 heteroatoms. The molecule has 0 aromatic heterocycles. The third-order valence-corrected chi connectivity index (χ3v) is 6.21. The van der Waals surface area contributed by atoms with Crippen molar-refractivity contribution in [3.05, 3.63) is 0 Å². The topological polar surface area (TPSA) is 76.4 Å². The number of carbonyl (C=O) groups excluding carboxylic acids is 1. The summed E-state index contributed by atoms with van der Waals surface area (Å²) in [6, 6.07) is -0.0506. The van der Waals surface area contributed by atoms with Gasteiger partial charge < -0.3 is 21.1 Å². The number of Topliss-reactive ketones (excluding diaryl/α,β-unsaturated/α-hetero) is 1. The molecule has 0 heterocycles. The highest BCUT2D eigenvalue weighted by Crippen LogP contribution is 2.24. The minimum absolute atomic E-state index is 0.0278. The summed E-state index contributed by atoms with van der Waals surface area (Å²) in [6.45, 7) is 18.5. The number of rotatable bonds is 16. The summed E-state index contributed by atoms with van der Waals surface area (Å²) >= 11 is 4.57. The average molecular weight is 418 g/mol. The summed E-state index contributed by atoms with van der Waals surface area (Å²) < 4.78 is 6.17. The van der Waals surface area contributed by atoms with Crippen LogP contribution in [0.4, 0.5) is 0 Å². The number of hydrogen-bond donors (Lipinski definition) is 4. The van der Waals surface area contributed by atoms with Crippen LogP contribution in [0.2, 0.25) is 0 Å². The van der Waals surface area contributed by atoms with E-state index in [0.717, 1.165) is 38.6 Å². The average Bonchev–Trinajstić information content (AvgIpc) is 2.63. The summed E-state index contributed by atoms with van der Waals surface area (Å²) in [5.74, 6) is 0.147. The Kier molecular flexibility index (Phi) is 12.5. The zero-order valence-corrected chi connectivity index (χ0v) is 20.5. The zero-order chi connectivity index (χ0) is 22.0. The fourth-order valence-electron chi connectivity index (χ4n) is 2.98. The van der Waals surface area contributed by atoms with Gasteiger partial charge in [0, 0.05) is 23.9 Å². The van der Waals surface area contributed by atoms with Gasteiger partial charge in [0.05, 0.1) is 17.2 Å². The first-order valence-electron chi connectivity index (χ1n) is 11.0. The fourth-order valence-corrected chi connectivity index (χ4v) is 3.08. The van der Waals surface area contributed by atoms with Crippen LogP contribution in [0.1, 0.15) is 87.5 Å². The van der Waals surface area contributed by atoms with Crippen LogP contribution < -0.4 is 16.4 Å². The van der Waals surface area contributed by atoms with Gasteiger partial charge in [-0.15, -0.1) is 0 Å². The summed E-state index contributed by atoms with van der Waals surface area (Å²) in [5.41, 5.74) is 5.11. The minimum Gasteiger partial charge on any atom is -0.375 e. The predicted molar refractivity (Wildman–Crippen MR) is 124 cm³/mol. The lowest BCUT2D eigenvalue weighted by Gasteiger charge is -2.35. The Hall–Kier alpha value is -0.140. The fraction of sp³-hybridized carbons (Fsp3) is 0.955. The molecule has 0 aliphatic heterocycles. The van der Waals surface area contributed by atoms with E-state index >= 15 is 0 Å². The molecule has 4 unspecified atom stereocenters. The van der Waals surface area contributed by atoms with Crippen molar-refractivity contribution in [3.63, 3.8) is 0 Å². The summed E-state index contributed by atoms with van der Waals surface area (Å²) in [7, 11) is 0. The molecule has 0 aliphatic carbocycles. The van der Waals surface area contributed by atoms with E-state index in [1.807, 2.05) is 13.8 Å². The van der Waals surface area contributed by atoms with E-state index in [-0.39, 0.29) is 28.2 Å². The molecule has 0 rings (SSSR count). The molecule has 4 N–H and O–H groups in total. The van der Waals surface area contributed by atoms with Crippen LogP contribution in [-0.4, -0.2) is 53.5 Å². The zero-order valence-electron chi connectivity index (χ0n) is 19.7. The van der Waals surface area contributed by atoms with Gasteiger partial charge in [-0.2, -0.15) is 12.6 Å². The van der Waals surface area contributed by atoms with Gasteiger partial charge >= 0.3 is 0 Å². The largest absolute Gasteiger partial charge is 0.375 e. The standard InChI is InChI=1S/C22H47N3O2S/c1-9-17(4)25-18(16-23)19(26)22(8,11-3)24-14-12-21(7,10-2)27-15-13-20(5,6)28/h17-18,24-25,28H,9-16,23H2,1-8H3. The SMILES string of the molecule is CCC(C)NC(CN)C(=O)C(C)(CC)NCCC(C)(CC)OCCC(C)(C)S. The lowest BCUT2D eigenvalue weighted by molar-refractivity contribution is -0.127. The van der Waals surface area contributed by atoms with E-state index in [2.05, 4.69) is 64.8 Å². The Labute approximate surface area is 179 Å². The molecule has 0 aliphatic rings. The van der Waals surface area contributed by atoms with E-state index in [0.29, 0.717) is 13.2 Å². The molecule has 4 atom stereocenters. The Bertz CT molecular complexity index is 456. The monoisotopic (exact) mass is 417 g/mol. The number of nitrogens with two attached hydrogens (primary N) is 1. The highest BCUT2D eigenvalue weighted by atomic mass is 32.1. The quantitative estimate of drug-likeness (QED) is 0.288. The normalized spacial score (nSPS) is 18.9. The number of ether oxygens (including phenoxy) is 1. The van der Waals surface area contributed by atoms with Gasteiger partial charge in [-0.25, -0.2) is 0 Å². The minimum atomic E-state index is -0.591. The molecule has 0 saturated carbocycles. The first-order valence-corrected chi connectivity index (χ1v) is 11.4. The van der Waals surface area contributed by atoms with Crippen molar-refractivity contribution < 1.29 is 9.53 Å². The smallest absolute Gasteiger partial charge is 0.170 e. The number of carbonyl (C=O) groups is 1. The van der Waals surface area contributed by atoms with Crippen LogP contribution in [0.15, 0.2) is 0 Å². The first-order chi connectivity index (χ1) is 12.9. The van der Waals surface area contributed by atoms with E-state index in [1.54, 1.807) is 0 Å². The Balaban J connectivity index is 4.83. The predicted octanol–water partition coefficient (Wildman–Crippen LogP) is 3.70. The Morgan fingerprint density at radius 3 is 2.14 bits per heavy atom. The Morgan fingerprint density at radius 1 is 1.11 bits per heavy atom. The van der Waals surface area contributed by atoms with Crippen molar-refractivity contribution >= 4 is 18.4 Å². The van der Waals surface area contributed by atoms with Crippen molar-refractivity contribution in [2.45, 2.75) is 115 Å². The van der Waals surface area contributed by atoms with Crippen molar-refractivity contribution in [2.24, 2.45) is 5.73 Å². The molecule has 28 heavy (non-hydrogen) atoms. The third-order valence-electron chi connectivity index (χ3n) is 5.98. The second kappa shape index (κ2) is 12.5. The molecule has 0 saturated heterocycles. The number of thiol groups is 1. The van der Waals surface area contributed by atoms with Crippen molar-refractivity contribution in [1.82, 2.24) is 10.6 Å². The van der Waals surface area contributed by atoms with Crippen LogP contribution in [0, 0.1) is 0 Å². The number of hydrogen-bond acceptors (Lipinski definition) is 6. The number of nitrogens with one attached hydrogen (secondary N) is 2. The van der Waals surface area contributed by atoms with E-state index in [4.69, 9.17) is 10.5 Å².